The molecule has 0 aromatic heterocycles. The maximum absolute atomic E-state index is 12.2. The van der Waals surface area contributed by atoms with E-state index >= 15 is 0 Å². The van der Waals surface area contributed by atoms with Crippen molar-refractivity contribution in [3.05, 3.63) is 0 Å². The zero-order valence-electron chi connectivity index (χ0n) is 5.98. The van der Waals surface area contributed by atoms with Gasteiger partial charge in [-0.25, -0.2) is 13.6 Å². The molecule has 13 heavy (non-hydrogen) atoms. The van der Waals surface area contributed by atoms with Gasteiger partial charge in [0.25, 0.3) is 5.60 Å². The molecule has 2 N–H and O–H groups in total. The summed E-state index contributed by atoms with van der Waals surface area (Å²) in [4.78, 5) is 9.89. The van der Waals surface area contributed by atoms with Gasteiger partial charge < -0.3 is 10.2 Å². The molecule has 0 aliphatic carbocycles. The van der Waals surface area contributed by atoms with Gasteiger partial charge in [0, 0.05) is 0 Å². The lowest BCUT2D eigenvalue weighted by molar-refractivity contribution is -0.278. The molecule has 0 spiro atoms. The lowest BCUT2D eigenvalue weighted by Crippen LogP contribution is -2.59. The molecule has 0 aliphatic heterocycles. The second-order valence-electron chi connectivity index (χ2n) is 2.19. The van der Waals surface area contributed by atoms with Gasteiger partial charge in [-0.2, -0.15) is 13.2 Å². The Morgan fingerprint density at radius 2 is 1.77 bits per heavy atom. The molecule has 78 valence electrons. The highest BCUT2D eigenvalue weighted by atomic mass is 19.4. The van der Waals surface area contributed by atoms with Gasteiger partial charge in [-0.05, 0) is 0 Å². The molecule has 8 heteroatoms. The summed E-state index contributed by atoms with van der Waals surface area (Å²) >= 11 is 0. The van der Waals surface area contributed by atoms with Gasteiger partial charge in [-0.1, -0.05) is 0 Å². The first kappa shape index (κ1) is 12.1. The molecule has 0 bridgehead atoms. The highest BCUT2D eigenvalue weighted by Crippen LogP contribution is 2.35. The molecule has 2 unspecified atom stereocenters. The highest BCUT2D eigenvalue weighted by molar-refractivity contribution is 5.79. The minimum Gasteiger partial charge on any atom is -0.479 e. The van der Waals surface area contributed by atoms with Crippen LogP contribution in [0.2, 0.25) is 0 Å². The minimum atomic E-state index is -5.76. The fraction of sp³-hybridized carbons (Fsp3) is 0.800. The molecule has 0 aliphatic rings. The van der Waals surface area contributed by atoms with E-state index in [1.54, 1.807) is 0 Å². The van der Waals surface area contributed by atoms with Gasteiger partial charge in [0.2, 0.25) is 0 Å². The Balaban J connectivity index is 5.08. The summed E-state index contributed by atoms with van der Waals surface area (Å²) in [5.41, 5.74) is -4.68. The van der Waals surface area contributed by atoms with Gasteiger partial charge in [-0.15, -0.1) is 0 Å². The van der Waals surface area contributed by atoms with Crippen LogP contribution in [-0.2, 0) is 4.79 Å². The van der Waals surface area contributed by atoms with E-state index in [1.165, 1.54) is 0 Å². The monoisotopic (exact) mass is 208 g/mol. The van der Waals surface area contributed by atoms with E-state index in [2.05, 4.69) is 0 Å². The van der Waals surface area contributed by atoms with E-state index in [-0.39, 0.29) is 0 Å². The zero-order valence-corrected chi connectivity index (χ0v) is 5.98. The predicted octanol–water partition coefficient (Wildman–Crippen LogP) is 0.672. The van der Waals surface area contributed by atoms with E-state index in [1.807, 2.05) is 0 Å². The van der Waals surface area contributed by atoms with Crippen LogP contribution in [0, 0.1) is 0 Å². The third-order valence-corrected chi connectivity index (χ3v) is 1.35. The van der Waals surface area contributed by atoms with Crippen LogP contribution in [0.5, 0.6) is 0 Å². The summed E-state index contributed by atoms with van der Waals surface area (Å²) in [7, 11) is 0. The molecule has 0 aromatic carbocycles. The SMILES string of the molecule is O=C(O)C(O)(C(F)CF)C(F)(F)F. The summed E-state index contributed by atoms with van der Waals surface area (Å²) in [6.07, 6.45) is -9.30. The van der Waals surface area contributed by atoms with Crippen molar-refractivity contribution in [3.8, 4) is 0 Å². The summed E-state index contributed by atoms with van der Waals surface area (Å²) in [5, 5.41) is 16.2. The van der Waals surface area contributed by atoms with Gasteiger partial charge in [0.15, 0.2) is 6.17 Å². The van der Waals surface area contributed by atoms with Crippen LogP contribution in [0.4, 0.5) is 22.0 Å². The van der Waals surface area contributed by atoms with Crippen LogP contribution in [0.15, 0.2) is 0 Å². The van der Waals surface area contributed by atoms with Gasteiger partial charge in [0.1, 0.15) is 6.67 Å². The fourth-order valence-electron chi connectivity index (χ4n) is 0.544. The van der Waals surface area contributed by atoms with E-state index in [4.69, 9.17) is 10.2 Å². The molecule has 2 atom stereocenters. The van der Waals surface area contributed by atoms with Crippen molar-refractivity contribution in [1.29, 1.82) is 0 Å². The fourth-order valence-corrected chi connectivity index (χ4v) is 0.544. The number of aliphatic carboxylic acids is 1. The lowest BCUT2D eigenvalue weighted by Gasteiger charge is -2.27. The van der Waals surface area contributed by atoms with Crippen molar-refractivity contribution in [2.24, 2.45) is 0 Å². The molecule has 0 saturated heterocycles. The summed E-state index contributed by atoms with van der Waals surface area (Å²) in [5.74, 6) is -2.87. The summed E-state index contributed by atoms with van der Waals surface area (Å²) in [6.45, 7) is -2.23. The van der Waals surface area contributed by atoms with Crippen molar-refractivity contribution in [2.75, 3.05) is 6.67 Å². The number of carboxylic acid groups (broad SMARTS) is 1. The maximum Gasteiger partial charge on any atom is 0.431 e. The van der Waals surface area contributed by atoms with Crippen LogP contribution in [0.3, 0.4) is 0 Å². The van der Waals surface area contributed by atoms with Crippen LogP contribution >= 0.6 is 0 Å². The van der Waals surface area contributed by atoms with Crippen molar-refractivity contribution in [3.63, 3.8) is 0 Å². The van der Waals surface area contributed by atoms with Crippen molar-refractivity contribution in [2.45, 2.75) is 17.9 Å². The molecule has 0 fully saturated rings. The number of aliphatic hydroxyl groups is 1. The largest absolute Gasteiger partial charge is 0.479 e. The van der Waals surface area contributed by atoms with Gasteiger partial charge >= 0.3 is 12.1 Å². The van der Waals surface area contributed by atoms with Crippen molar-refractivity contribution < 1.29 is 37.0 Å². The molecule has 0 rings (SSSR count). The number of halogens is 5. The molecule has 0 heterocycles. The highest BCUT2D eigenvalue weighted by Gasteiger charge is 2.65. The van der Waals surface area contributed by atoms with Gasteiger partial charge in [-0.3, -0.25) is 0 Å². The topological polar surface area (TPSA) is 57.5 Å². The Kier molecular flexibility index (Phi) is 3.20. The second-order valence-corrected chi connectivity index (χ2v) is 2.19. The Bertz CT molecular complexity index is 203. The third kappa shape index (κ3) is 1.87. The summed E-state index contributed by atoms with van der Waals surface area (Å²) in [6, 6.07) is 0. The van der Waals surface area contributed by atoms with E-state index in [9.17, 15) is 26.7 Å². The van der Waals surface area contributed by atoms with Crippen LogP contribution < -0.4 is 0 Å². The molecule has 0 radical (unpaired) electrons. The summed E-state index contributed by atoms with van der Waals surface area (Å²) < 4.78 is 58.9. The van der Waals surface area contributed by atoms with Gasteiger partial charge in [0.05, 0.1) is 0 Å². The zero-order chi connectivity index (χ0) is 10.9. The molecular weight excluding hydrogens is 203 g/mol. The molecular formula is C5H5F5O3. The Morgan fingerprint density at radius 1 is 1.38 bits per heavy atom. The Labute approximate surface area is 68.8 Å². The number of hydrogen-bond donors (Lipinski definition) is 2. The first-order valence-electron chi connectivity index (χ1n) is 2.90. The third-order valence-electron chi connectivity index (χ3n) is 1.35. The number of rotatable bonds is 3. The molecule has 0 aromatic rings. The van der Waals surface area contributed by atoms with Crippen LogP contribution in [0.1, 0.15) is 0 Å². The van der Waals surface area contributed by atoms with E-state index in [0.29, 0.717) is 0 Å². The van der Waals surface area contributed by atoms with Crippen LogP contribution in [-0.4, -0.2) is 40.8 Å². The average Bonchev–Trinajstić information content (AvgIpc) is 1.98. The first-order chi connectivity index (χ1) is 5.67. The average molecular weight is 208 g/mol. The Hall–Kier alpha value is -0.920. The number of carboxylic acids is 1. The Morgan fingerprint density at radius 3 is 1.85 bits per heavy atom. The second kappa shape index (κ2) is 3.44. The van der Waals surface area contributed by atoms with E-state index < -0.39 is 30.6 Å². The standard InChI is InChI=1S/C5H5F5O3/c6-1-2(7)4(13,3(11)12)5(8,9)10/h2,13H,1H2,(H,11,12). The van der Waals surface area contributed by atoms with E-state index in [0.717, 1.165) is 0 Å². The number of alkyl halides is 5. The lowest BCUT2D eigenvalue weighted by atomic mass is 9.98. The quantitative estimate of drug-likeness (QED) is 0.670. The maximum atomic E-state index is 12.2. The number of hydrogen-bond acceptors (Lipinski definition) is 2. The molecule has 0 amide bonds. The van der Waals surface area contributed by atoms with Crippen molar-refractivity contribution in [1.82, 2.24) is 0 Å². The first-order valence-corrected chi connectivity index (χ1v) is 2.90. The van der Waals surface area contributed by atoms with Crippen LogP contribution in [0.25, 0.3) is 0 Å². The van der Waals surface area contributed by atoms with Crippen molar-refractivity contribution >= 4 is 5.97 Å². The predicted molar refractivity (Wildman–Crippen MR) is 29.5 cm³/mol. The molecule has 0 saturated carbocycles. The smallest absolute Gasteiger partial charge is 0.431 e. The minimum absolute atomic E-state index is 2.23. The molecule has 3 nitrogen and oxygen atoms in total. The normalized spacial score (nSPS) is 19.2. The number of carbonyl (C=O) groups is 1.